The summed E-state index contributed by atoms with van der Waals surface area (Å²) in [4.78, 5) is 2.33. The highest BCUT2D eigenvalue weighted by Gasteiger charge is 2.16. The molecule has 36 heavy (non-hydrogen) atoms. The molecule has 0 unspecified atom stereocenters. The van der Waals surface area contributed by atoms with Gasteiger partial charge in [0.25, 0.3) is 0 Å². The third-order valence-electron chi connectivity index (χ3n) is 6.27. The van der Waals surface area contributed by atoms with Crippen molar-refractivity contribution in [3.8, 4) is 11.1 Å². The molecule has 0 aliphatic rings. The lowest BCUT2D eigenvalue weighted by atomic mass is 10.0. The quantitative estimate of drug-likeness (QED) is 0.190. The fourth-order valence-electron chi connectivity index (χ4n) is 4.51. The largest absolute Gasteiger partial charge is 0.310 e. The Kier molecular flexibility index (Phi) is 6.97. The predicted octanol–water partition coefficient (Wildman–Crippen LogP) is 10.5. The van der Waals surface area contributed by atoms with E-state index in [-0.39, 0.29) is 0 Å². The van der Waals surface area contributed by atoms with E-state index in [2.05, 4.69) is 149 Å². The van der Waals surface area contributed by atoms with Crippen LogP contribution >= 0.6 is 15.9 Å². The van der Waals surface area contributed by atoms with Crippen LogP contribution in [0.5, 0.6) is 0 Å². The average molecular weight is 528 g/mol. The Morgan fingerprint density at radius 3 is 2.14 bits per heavy atom. The maximum Gasteiger partial charge on any atom is 0.0540 e. The van der Waals surface area contributed by atoms with Gasteiger partial charge in [-0.05, 0) is 70.1 Å². The molecule has 5 aromatic carbocycles. The van der Waals surface area contributed by atoms with Crippen LogP contribution in [-0.2, 0) is 0 Å². The zero-order chi connectivity index (χ0) is 24.9. The van der Waals surface area contributed by atoms with Crippen LogP contribution in [0.2, 0.25) is 0 Å². The minimum atomic E-state index is 1.05. The van der Waals surface area contributed by atoms with E-state index < -0.39 is 0 Å². The number of anilines is 3. The molecule has 0 aromatic heterocycles. The standard InChI is InChI=1S/C34H26BrN/c1-3-9-25(4-2)26-18-22-31(23-19-26)36(34-15-8-11-28-10-5-6-14-33(28)34)32-13-7-12-29(24-32)27-16-20-30(35)21-17-27/h3-24H,1-2H2/b25-9+. The van der Waals surface area contributed by atoms with Crippen molar-refractivity contribution in [1.29, 1.82) is 0 Å². The molecule has 0 fully saturated rings. The number of benzene rings is 5. The molecule has 0 radical (unpaired) electrons. The van der Waals surface area contributed by atoms with Gasteiger partial charge in [0.05, 0.1) is 5.69 Å². The molecule has 5 rings (SSSR count). The van der Waals surface area contributed by atoms with Gasteiger partial charge in [-0.3, -0.25) is 0 Å². The molecule has 0 amide bonds. The normalized spacial score (nSPS) is 11.3. The second kappa shape index (κ2) is 10.6. The molecule has 1 nitrogen and oxygen atoms in total. The van der Waals surface area contributed by atoms with Crippen LogP contribution in [0.15, 0.2) is 151 Å². The number of nitrogens with zero attached hydrogens (tertiary/aromatic N) is 1. The molecule has 174 valence electrons. The second-order valence-electron chi connectivity index (χ2n) is 8.50. The van der Waals surface area contributed by atoms with Gasteiger partial charge in [-0.2, -0.15) is 0 Å². The highest BCUT2D eigenvalue weighted by atomic mass is 79.9. The first-order valence-corrected chi connectivity index (χ1v) is 12.7. The van der Waals surface area contributed by atoms with Gasteiger partial charge in [0.1, 0.15) is 0 Å². The zero-order valence-corrected chi connectivity index (χ0v) is 21.5. The van der Waals surface area contributed by atoms with E-state index in [0.29, 0.717) is 0 Å². The summed E-state index contributed by atoms with van der Waals surface area (Å²) in [6.07, 6.45) is 5.63. The molecule has 0 spiro atoms. The Morgan fingerprint density at radius 1 is 0.667 bits per heavy atom. The summed E-state index contributed by atoms with van der Waals surface area (Å²) in [7, 11) is 0. The topological polar surface area (TPSA) is 3.24 Å². The second-order valence-corrected chi connectivity index (χ2v) is 9.42. The van der Waals surface area contributed by atoms with Gasteiger partial charge in [0, 0.05) is 21.2 Å². The molecule has 0 aliphatic heterocycles. The van der Waals surface area contributed by atoms with E-state index in [9.17, 15) is 0 Å². The molecule has 0 heterocycles. The van der Waals surface area contributed by atoms with E-state index in [4.69, 9.17) is 0 Å². The third-order valence-corrected chi connectivity index (χ3v) is 6.79. The minimum absolute atomic E-state index is 1.05. The van der Waals surface area contributed by atoms with Gasteiger partial charge in [0.2, 0.25) is 0 Å². The molecular weight excluding hydrogens is 502 g/mol. The van der Waals surface area contributed by atoms with E-state index in [0.717, 1.165) is 32.7 Å². The first-order chi connectivity index (χ1) is 17.7. The number of halogens is 1. The number of hydrogen-bond acceptors (Lipinski definition) is 1. The number of rotatable bonds is 7. The van der Waals surface area contributed by atoms with Crippen molar-refractivity contribution in [3.05, 3.63) is 157 Å². The fraction of sp³-hybridized carbons (Fsp3) is 0. The average Bonchev–Trinajstić information content (AvgIpc) is 2.93. The molecule has 0 saturated carbocycles. The van der Waals surface area contributed by atoms with Gasteiger partial charge >= 0.3 is 0 Å². The lowest BCUT2D eigenvalue weighted by molar-refractivity contribution is 1.29. The highest BCUT2D eigenvalue weighted by Crippen LogP contribution is 2.40. The molecule has 0 saturated heterocycles. The van der Waals surface area contributed by atoms with Crippen molar-refractivity contribution in [2.45, 2.75) is 0 Å². The van der Waals surface area contributed by atoms with Crippen LogP contribution in [-0.4, -0.2) is 0 Å². The van der Waals surface area contributed by atoms with Gasteiger partial charge in [0.15, 0.2) is 0 Å². The van der Waals surface area contributed by atoms with Crippen molar-refractivity contribution in [2.75, 3.05) is 4.90 Å². The van der Waals surface area contributed by atoms with Crippen LogP contribution < -0.4 is 4.90 Å². The van der Waals surface area contributed by atoms with E-state index in [1.807, 2.05) is 12.2 Å². The summed E-state index contributed by atoms with van der Waals surface area (Å²) in [5.41, 5.74) is 7.83. The Bertz CT molecular complexity index is 1550. The highest BCUT2D eigenvalue weighted by molar-refractivity contribution is 9.10. The van der Waals surface area contributed by atoms with Crippen molar-refractivity contribution in [2.24, 2.45) is 0 Å². The molecule has 0 N–H and O–H groups in total. The lowest BCUT2D eigenvalue weighted by Crippen LogP contribution is -2.10. The van der Waals surface area contributed by atoms with Crippen molar-refractivity contribution in [3.63, 3.8) is 0 Å². The Labute approximate surface area is 221 Å². The van der Waals surface area contributed by atoms with Crippen molar-refractivity contribution >= 4 is 49.3 Å². The summed E-state index contributed by atoms with van der Waals surface area (Å²) in [6.45, 7) is 7.79. The van der Waals surface area contributed by atoms with Crippen LogP contribution in [0.3, 0.4) is 0 Å². The van der Waals surface area contributed by atoms with Crippen molar-refractivity contribution in [1.82, 2.24) is 0 Å². The summed E-state index contributed by atoms with van der Waals surface area (Å²) in [6, 6.07) is 40.8. The van der Waals surface area contributed by atoms with Crippen molar-refractivity contribution < 1.29 is 0 Å². The van der Waals surface area contributed by atoms with Gasteiger partial charge in [-0.1, -0.05) is 120 Å². The molecule has 5 aromatic rings. The van der Waals surface area contributed by atoms with E-state index in [1.165, 1.54) is 21.9 Å². The summed E-state index contributed by atoms with van der Waals surface area (Å²) in [5.74, 6) is 0. The lowest BCUT2D eigenvalue weighted by Gasteiger charge is -2.27. The summed E-state index contributed by atoms with van der Waals surface area (Å²) in [5, 5.41) is 2.42. The predicted molar refractivity (Wildman–Crippen MR) is 160 cm³/mol. The number of allylic oxidation sites excluding steroid dienone is 4. The maximum atomic E-state index is 3.96. The monoisotopic (exact) mass is 527 g/mol. The SMILES string of the molecule is C=C/C=C(\C=C)c1ccc(N(c2cccc(-c3ccc(Br)cc3)c2)c2cccc3ccccc23)cc1. The smallest absolute Gasteiger partial charge is 0.0540 e. The number of fused-ring (bicyclic) bond motifs is 1. The Hall–Kier alpha value is -4.14. The summed E-state index contributed by atoms with van der Waals surface area (Å²) < 4.78 is 1.07. The van der Waals surface area contributed by atoms with E-state index >= 15 is 0 Å². The molecular formula is C34H26BrN. The zero-order valence-electron chi connectivity index (χ0n) is 19.9. The van der Waals surface area contributed by atoms with Crippen LogP contribution in [0.25, 0.3) is 27.5 Å². The van der Waals surface area contributed by atoms with Crippen LogP contribution in [0, 0.1) is 0 Å². The molecule has 0 bridgehead atoms. The summed E-state index contributed by atoms with van der Waals surface area (Å²) >= 11 is 3.55. The maximum absolute atomic E-state index is 3.96. The minimum Gasteiger partial charge on any atom is -0.310 e. The first-order valence-electron chi connectivity index (χ1n) is 11.9. The molecule has 0 aliphatic carbocycles. The molecule has 0 atom stereocenters. The Morgan fingerprint density at radius 2 is 1.39 bits per heavy atom. The third kappa shape index (κ3) is 4.82. The first kappa shape index (κ1) is 23.6. The van der Waals surface area contributed by atoms with Crippen LogP contribution in [0.4, 0.5) is 17.1 Å². The van der Waals surface area contributed by atoms with E-state index in [1.54, 1.807) is 6.08 Å². The number of hydrogen-bond donors (Lipinski definition) is 0. The van der Waals surface area contributed by atoms with Gasteiger partial charge < -0.3 is 4.90 Å². The fourth-order valence-corrected chi connectivity index (χ4v) is 4.77. The van der Waals surface area contributed by atoms with Crippen LogP contribution in [0.1, 0.15) is 5.56 Å². The van der Waals surface area contributed by atoms with Gasteiger partial charge in [-0.25, -0.2) is 0 Å². The Balaban J connectivity index is 1.68. The molecule has 2 heteroatoms. The van der Waals surface area contributed by atoms with Gasteiger partial charge in [-0.15, -0.1) is 0 Å².